The second kappa shape index (κ2) is 7.78. The highest BCUT2D eigenvalue weighted by Crippen LogP contribution is 2.54. The zero-order valence-electron chi connectivity index (χ0n) is 18.3. The molecule has 33 heavy (non-hydrogen) atoms. The highest BCUT2D eigenvalue weighted by Gasteiger charge is 2.52. The molecule has 3 aromatic rings. The van der Waals surface area contributed by atoms with E-state index in [0.717, 1.165) is 0 Å². The van der Waals surface area contributed by atoms with Crippen molar-refractivity contribution >= 4 is 22.6 Å². The van der Waals surface area contributed by atoms with Crippen molar-refractivity contribution in [1.82, 2.24) is 25.1 Å². The van der Waals surface area contributed by atoms with Crippen LogP contribution in [-0.2, 0) is 0 Å². The molecule has 3 aliphatic rings. The summed E-state index contributed by atoms with van der Waals surface area (Å²) in [7, 11) is 0. The number of carbonyl (C=O) groups is 1. The number of pyridine rings is 2. The topological polar surface area (TPSA) is 129 Å². The van der Waals surface area contributed by atoms with Crippen LogP contribution in [0.1, 0.15) is 42.6 Å². The lowest BCUT2D eigenvalue weighted by molar-refractivity contribution is -0.00401. The minimum atomic E-state index is -1.61. The first-order valence-electron chi connectivity index (χ1n) is 10.9. The quantitative estimate of drug-likeness (QED) is 0.505. The van der Waals surface area contributed by atoms with Gasteiger partial charge >= 0.3 is 0 Å². The largest absolute Gasteiger partial charge is 0.387 e. The summed E-state index contributed by atoms with van der Waals surface area (Å²) in [5, 5.41) is 30.0. The fourth-order valence-corrected chi connectivity index (χ4v) is 4.24. The Balaban J connectivity index is 1.45. The maximum Gasteiger partial charge on any atom is 0.255 e. The van der Waals surface area contributed by atoms with Crippen molar-refractivity contribution in [3.05, 3.63) is 41.9 Å². The molecule has 0 saturated heterocycles. The normalized spacial score (nSPS) is 22.1. The number of nitriles is 1. The molecule has 3 saturated carbocycles. The molecular formula is C23H24FN7O2. The number of nitrogens with one attached hydrogen (secondary N) is 2. The van der Waals surface area contributed by atoms with Crippen LogP contribution >= 0.6 is 0 Å². The number of rotatable bonds is 7. The number of amides is 1. The Morgan fingerprint density at radius 1 is 1.30 bits per heavy atom. The lowest BCUT2D eigenvalue weighted by Gasteiger charge is -2.58. The second-order valence-electron chi connectivity index (χ2n) is 9.39. The minimum absolute atomic E-state index is 0.296. The monoisotopic (exact) mass is 449 g/mol. The van der Waals surface area contributed by atoms with Crippen molar-refractivity contribution in [2.45, 2.75) is 44.5 Å². The van der Waals surface area contributed by atoms with Gasteiger partial charge in [0.25, 0.3) is 5.91 Å². The molecule has 2 bridgehead atoms. The molecule has 3 aliphatic carbocycles. The highest BCUT2D eigenvalue weighted by molar-refractivity contribution is 5.99. The molecule has 6 rings (SSSR count). The Kier molecular flexibility index (Phi) is 5.01. The van der Waals surface area contributed by atoms with Crippen LogP contribution < -0.4 is 10.6 Å². The predicted octanol–water partition coefficient (Wildman–Crippen LogP) is 2.35. The summed E-state index contributed by atoms with van der Waals surface area (Å²) in [6.45, 7) is 2.41. The van der Waals surface area contributed by atoms with Gasteiger partial charge in [0.15, 0.2) is 11.5 Å². The standard InChI is InChI=1S/C23H24FN7O2/c1-23(2,33)18(24)11-28-22(32)16-10-26-19(6-17(16)30-20-13-4-14(20)5-13)31-21-15(9-29-31)3-12(7-25)8-27-21/h3,6,8-10,13-14,18,20,33H,4-5,11H2,1-2H3,(H,26,30)(H,28,32)/t13?,14?,18-,20?/m1/s1. The molecule has 0 aromatic carbocycles. The number of aromatic nitrogens is 4. The molecule has 0 spiro atoms. The van der Waals surface area contributed by atoms with Crippen molar-refractivity contribution in [1.29, 1.82) is 5.26 Å². The molecule has 3 fully saturated rings. The van der Waals surface area contributed by atoms with Crippen molar-refractivity contribution in [2.75, 3.05) is 11.9 Å². The molecule has 0 unspecified atom stereocenters. The summed E-state index contributed by atoms with van der Waals surface area (Å²) in [5.74, 6) is 1.20. The zero-order chi connectivity index (χ0) is 23.3. The maximum absolute atomic E-state index is 14.1. The average molecular weight is 449 g/mol. The van der Waals surface area contributed by atoms with Gasteiger partial charge in [-0.1, -0.05) is 0 Å². The molecule has 1 atom stereocenters. The Labute approximate surface area is 189 Å². The van der Waals surface area contributed by atoms with Crippen LogP contribution in [0.4, 0.5) is 10.1 Å². The van der Waals surface area contributed by atoms with Crippen LogP contribution in [0.15, 0.2) is 30.7 Å². The van der Waals surface area contributed by atoms with E-state index in [9.17, 15) is 14.3 Å². The molecule has 0 radical (unpaired) electrons. The first-order chi connectivity index (χ1) is 15.7. The third-order valence-corrected chi connectivity index (χ3v) is 6.65. The maximum atomic E-state index is 14.1. The van der Waals surface area contributed by atoms with Gasteiger partial charge in [-0.25, -0.2) is 14.4 Å². The fraction of sp³-hybridized carbons (Fsp3) is 0.435. The van der Waals surface area contributed by atoms with Gasteiger partial charge in [-0.15, -0.1) is 0 Å². The second-order valence-corrected chi connectivity index (χ2v) is 9.39. The Morgan fingerprint density at radius 3 is 2.70 bits per heavy atom. The van der Waals surface area contributed by atoms with Crippen molar-refractivity contribution in [2.24, 2.45) is 11.8 Å². The number of halogens is 1. The number of carbonyl (C=O) groups excluding carboxylic acids is 1. The van der Waals surface area contributed by atoms with E-state index >= 15 is 0 Å². The van der Waals surface area contributed by atoms with Gasteiger partial charge in [-0.05, 0) is 44.6 Å². The van der Waals surface area contributed by atoms with E-state index in [4.69, 9.17) is 5.26 Å². The van der Waals surface area contributed by atoms with Crippen LogP contribution in [0, 0.1) is 23.2 Å². The van der Waals surface area contributed by atoms with Gasteiger partial charge in [-0.3, -0.25) is 4.79 Å². The summed E-state index contributed by atoms with van der Waals surface area (Å²) >= 11 is 0. The summed E-state index contributed by atoms with van der Waals surface area (Å²) < 4.78 is 15.7. The number of alkyl halides is 1. The number of nitrogens with zero attached hydrogens (tertiary/aromatic N) is 5. The van der Waals surface area contributed by atoms with E-state index in [0.29, 0.717) is 51.5 Å². The Morgan fingerprint density at radius 2 is 2.06 bits per heavy atom. The number of fused-ring (bicyclic) bond motifs is 1. The molecule has 170 valence electrons. The molecule has 9 nitrogen and oxygen atoms in total. The summed E-state index contributed by atoms with van der Waals surface area (Å²) in [4.78, 5) is 21.6. The van der Waals surface area contributed by atoms with Gasteiger partial charge in [0.2, 0.25) is 0 Å². The van der Waals surface area contributed by atoms with E-state index in [1.807, 2.05) is 0 Å². The molecule has 1 amide bonds. The Bertz CT molecular complexity index is 1260. The lowest BCUT2D eigenvalue weighted by Crippen LogP contribution is -2.59. The van der Waals surface area contributed by atoms with E-state index in [1.165, 1.54) is 39.1 Å². The van der Waals surface area contributed by atoms with Crippen molar-refractivity contribution in [3.8, 4) is 11.9 Å². The van der Waals surface area contributed by atoms with E-state index in [2.05, 4.69) is 31.8 Å². The van der Waals surface area contributed by atoms with E-state index in [-0.39, 0.29) is 6.54 Å². The van der Waals surface area contributed by atoms with Crippen LogP contribution in [0.25, 0.3) is 16.9 Å². The number of hydrogen-bond donors (Lipinski definition) is 3. The molecule has 3 N–H and O–H groups in total. The third-order valence-electron chi connectivity index (χ3n) is 6.65. The number of anilines is 1. The van der Waals surface area contributed by atoms with Gasteiger partial charge in [0.1, 0.15) is 12.2 Å². The number of aliphatic hydroxyl groups is 1. The van der Waals surface area contributed by atoms with Crippen molar-refractivity contribution in [3.63, 3.8) is 0 Å². The van der Waals surface area contributed by atoms with Crippen LogP contribution in [-0.4, -0.2) is 55.1 Å². The van der Waals surface area contributed by atoms with E-state index < -0.39 is 17.7 Å². The van der Waals surface area contributed by atoms with Gasteiger partial charge in [0.05, 0.1) is 35.2 Å². The molecule has 3 aromatic heterocycles. The van der Waals surface area contributed by atoms with Gasteiger partial charge < -0.3 is 15.7 Å². The summed E-state index contributed by atoms with van der Waals surface area (Å²) in [5.41, 5.74) is 0.313. The molecule has 10 heteroatoms. The molecule has 0 aliphatic heterocycles. The van der Waals surface area contributed by atoms with E-state index in [1.54, 1.807) is 23.0 Å². The third kappa shape index (κ3) is 3.78. The summed E-state index contributed by atoms with van der Waals surface area (Å²) in [6.07, 6.45) is 5.30. The first-order valence-corrected chi connectivity index (χ1v) is 10.9. The van der Waals surface area contributed by atoms with Crippen LogP contribution in [0.5, 0.6) is 0 Å². The SMILES string of the molecule is CC(C)(O)[C@H](F)CNC(=O)c1cnc(-n2ncc3cc(C#N)cnc32)cc1NC1C2CC1C2. The highest BCUT2D eigenvalue weighted by atomic mass is 19.1. The lowest BCUT2D eigenvalue weighted by atomic mass is 9.52. The van der Waals surface area contributed by atoms with Crippen LogP contribution in [0.2, 0.25) is 0 Å². The first kappa shape index (κ1) is 21.3. The molecular weight excluding hydrogens is 425 g/mol. The fourth-order valence-electron chi connectivity index (χ4n) is 4.24. The predicted molar refractivity (Wildman–Crippen MR) is 119 cm³/mol. The molecule has 3 heterocycles. The zero-order valence-corrected chi connectivity index (χ0v) is 18.3. The van der Waals surface area contributed by atoms with Gasteiger partial charge in [-0.2, -0.15) is 15.0 Å². The Hall–Kier alpha value is -3.58. The summed E-state index contributed by atoms with van der Waals surface area (Å²) in [6, 6.07) is 5.80. The smallest absolute Gasteiger partial charge is 0.255 e. The van der Waals surface area contributed by atoms with Gasteiger partial charge in [0, 0.05) is 29.9 Å². The average Bonchev–Trinajstić information content (AvgIpc) is 3.16. The number of hydrogen-bond acceptors (Lipinski definition) is 7. The van der Waals surface area contributed by atoms with Crippen molar-refractivity contribution < 1.29 is 14.3 Å². The minimum Gasteiger partial charge on any atom is -0.387 e. The van der Waals surface area contributed by atoms with Crippen LogP contribution in [0.3, 0.4) is 0 Å².